The third kappa shape index (κ3) is 1.98. The van der Waals surface area contributed by atoms with Gasteiger partial charge in [-0.3, -0.25) is 4.79 Å². The summed E-state index contributed by atoms with van der Waals surface area (Å²) in [5, 5.41) is 11.2. The minimum absolute atomic E-state index is 0.0136. The Bertz CT molecular complexity index is 222. The van der Waals surface area contributed by atoms with Crippen molar-refractivity contribution in [1.82, 2.24) is 5.32 Å². The maximum atomic E-state index is 11.2. The molecule has 0 radical (unpaired) electrons. The van der Waals surface area contributed by atoms with Gasteiger partial charge in [0.1, 0.15) is 0 Å². The summed E-state index contributed by atoms with van der Waals surface area (Å²) in [6, 6.07) is 0. The number of rotatable bonds is 5. The lowest BCUT2D eigenvalue weighted by Crippen LogP contribution is -2.43. The number of aliphatic carboxylic acids is 1. The summed E-state index contributed by atoms with van der Waals surface area (Å²) in [7, 11) is 0. The fraction of sp³-hybridized carbons (Fsp3) is 0.750. The predicted octanol–water partition coefficient (Wildman–Crippen LogP) is -0.244. The van der Waals surface area contributed by atoms with E-state index < -0.39 is 17.5 Å². The fourth-order valence-electron chi connectivity index (χ4n) is 0.945. The van der Waals surface area contributed by atoms with Gasteiger partial charge in [-0.2, -0.15) is 0 Å². The molecule has 1 saturated heterocycles. The number of epoxide rings is 1. The Morgan fingerprint density at radius 3 is 2.62 bits per heavy atom. The number of hydrogen-bond acceptors (Lipinski definition) is 3. The lowest BCUT2D eigenvalue weighted by Gasteiger charge is -2.06. The van der Waals surface area contributed by atoms with Crippen LogP contribution in [0.25, 0.3) is 0 Å². The molecule has 1 amide bonds. The highest BCUT2D eigenvalue weighted by Crippen LogP contribution is 2.27. The maximum absolute atomic E-state index is 11.2. The molecule has 13 heavy (non-hydrogen) atoms. The molecule has 5 heteroatoms. The monoisotopic (exact) mass is 187 g/mol. The van der Waals surface area contributed by atoms with Crippen LogP contribution in [0.15, 0.2) is 0 Å². The van der Waals surface area contributed by atoms with Crippen molar-refractivity contribution < 1.29 is 19.4 Å². The van der Waals surface area contributed by atoms with Gasteiger partial charge in [-0.15, -0.1) is 0 Å². The van der Waals surface area contributed by atoms with Crippen LogP contribution in [0.2, 0.25) is 0 Å². The molecular formula is C8H13NO4. The fourth-order valence-corrected chi connectivity index (χ4v) is 0.945. The topological polar surface area (TPSA) is 78.9 Å². The van der Waals surface area contributed by atoms with E-state index in [2.05, 4.69) is 10.1 Å². The summed E-state index contributed by atoms with van der Waals surface area (Å²) in [4.78, 5) is 21.8. The number of unbranched alkanes of at least 4 members (excludes halogenated alkanes) is 1. The Morgan fingerprint density at radius 2 is 2.23 bits per heavy atom. The molecule has 5 nitrogen and oxygen atoms in total. The number of amides is 1. The Morgan fingerprint density at radius 1 is 1.62 bits per heavy atom. The largest absolute Gasteiger partial charge is 0.479 e. The van der Waals surface area contributed by atoms with Crippen molar-refractivity contribution >= 4 is 11.9 Å². The molecule has 0 aromatic rings. The van der Waals surface area contributed by atoms with E-state index in [1.165, 1.54) is 0 Å². The van der Waals surface area contributed by atoms with Gasteiger partial charge in [0, 0.05) is 6.54 Å². The van der Waals surface area contributed by atoms with Crippen LogP contribution in [0.4, 0.5) is 0 Å². The van der Waals surface area contributed by atoms with E-state index in [1.54, 1.807) is 0 Å². The first-order valence-corrected chi connectivity index (χ1v) is 4.29. The molecule has 0 aliphatic carbocycles. The van der Waals surface area contributed by atoms with Crippen molar-refractivity contribution in [2.75, 3.05) is 13.2 Å². The van der Waals surface area contributed by atoms with Crippen LogP contribution in [-0.2, 0) is 14.3 Å². The Balaban J connectivity index is 2.35. The van der Waals surface area contributed by atoms with E-state index in [4.69, 9.17) is 5.11 Å². The Labute approximate surface area is 76.1 Å². The average Bonchev–Trinajstić information content (AvgIpc) is 2.84. The molecule has 1 heterocycles. The van der Waals surface area contributed by atoms with E-state index in [1.807, 2.05) is 6.92 Å². The van der Waals surface area contributed by atoms with Gasteiger partial charge in [0.05, 0.1) is 6.61 Å². The van der Waals surface area contributed by atoms with E-state index in [-0.39, 0.29) is 6.61 Å². The summed E-state index contributed by atoms with van der Waals surface area (Å²) in [5.41, 5.74) is -1.58. The molecule has 1 rings (SSSR count). The van der Waals surface area contributed by atoms with Gasteiger partial charge in [-0.05, 0) is 6.42 Å². The first-order valence-electron chi connectivity index (χ1n) is 4.29. The number of ether oxygens (including phenoxy) is 1. The summed E-state index contributed by atoms with van der Waals surface area (Å²) in [6.45, 7) is 2.49. The highest BCUT2D eigenvalue weighted by molar-refractivity contribution is 6.08. The van der Waals surface area contributed by atoms with Gasteiger partial charge in [0.15, 0.2) is 0 Å². The molecule has 0 spiro atoms. The van der Waals surface area contributed by atoms with Gasteiger partial charge >= 0.3 is 5.97 Å². The molecule has 0 saturated carbocycles. The summed E-state index contributed by atoms with van der Waals surface area (Å²) in [6.07, 6.45) is 1.81. The summed E-state index contributed by atoms with van der Waals surface area (Å²) >= 11 is 0. The van der Waals surface area contributed by atoms with Crippen molar-refractivity contribution in [3.05, 3.63) is 0 Å². The smallest absolute Gasteiger partial charge is 0.348 e. The van der Waals surface area contributed by atoms with Crippen LogP contribution < -0.4 is 5.32 Å². The lowest BCUT2D eigenvalue weighted by molar-refractivity contribution is -0.148. The molecular weight excluding hydrogens is 174 g/mol. The summed E-state index contributed by atoms with van der Waals surface area (Å²) < 4.78 is 4.64. The molecule has 1 fully saturated rings. The molecule has 0 aromatic carbocycles. The lowest BCUT2D eigenvalue weighted by atomic mass is 10.1. The molecule has 2 N–H and O–H groups in total. The number of nitrogens with one attached hydrogen (secondary N) is 1. The van der Waals surface area contributed by atoms with Crippen molar-refractivity contribution in [2.24, 2.45) is 0 Å². The Kier molecular flexibility index (Phi) is 2.87. The van der Waals surface area contributed by atoms with Crippen LogP contribution in [0.1, 0.15) is 19.8 Å². The van der Waals surface area contributed by atoms with Gasteiger partial charge in [-0.25, -0.2) is 4.79 Å². The quantitative estimate of drug-likeness (QED) is 0.353. The second kappa shape index (κ2) is 3.74. The molecule has 1 atom stereocenters. The highest BCUT2D eigenvalue weighted by atomic mass is 16.6. The third-order valence-electron chi connectivity index (χ3n) is 1.96. The first kappa shape index (κ1) is 9.98. The highest BCUT2D eigenvalue weighted by Gasteiger charge is 2.59. The van der Waals surface area contributed by atoms with Crippen LogP contribution in [0, 0.1) is 0 Å². The van der Waals surface area contributed by atoms with Gasteiger partial charge in [0.25, 0.3) is 11.5 Å². The average molecular weight is 187 g/mol. The molecule has 0 bridgehead atoms. The van der Waals surface area contributed by atoms with Gasteiger partial charge < -0.3 is 15.2 Å². The SMILES string of the molecule is CCCCNC(=O)C1(C(=O)O)CO1. The normalized spacial score (nSPS) is 25.3. The minimum atomic E-state index is -1.58. The maximum Gasteiger partial charge on any atom is 0.348 e. The number of hydrogen-bond donors (Lipinski definition) is 2. The van der Waals surface area contributed by atoms with E-state index >= 15 is 0 Å². The predicted molar refractivity (Wildman–Crippen MR) is 44.2 cm³/mol. The van der Waals surface area contributed by atoms with E-state index in [0.717, 1.165) is 12.8 Å². The number of carbonyl (C=O) groups excluding carboxylic acids is 1. The van der Waals surface area contributed by atoms with Gasteiger partial charge in [0.2, 0.25) is 0 Å². The van der Waals surface area contributed by atoms with E-state index in [0.29, 0.717) is 6.54 Å². The van der Waals surface area contributed by atoms with Crippen molar-refractivity contribution in [3.8, 4) is 0 Å². The van der Waals surface area contributed by atoms with Gasteiger partial charge in [-0.1, -0.05) is 13.3 Å². The zero-order valence-corrected chi connectivity index (χ0v) is 7.50. The second-order valence-corrected chi connectivity index (χ2v) is 3.03. The van der Waals surface area contributed by atoms with E-state index in [9.17, 15) is 9.59 Å². The second-order valence-electron chi connectivity index (χ2n) is 3.03. The molecule has 1 unspecified atom stereocenters. The van der Waals surface area contributed by atoms with Crippen LogP contribution in [0.5, 0.6) is 0 Å². The first-order chi connectivity index (χ1) is 6.13. The number of carboxylic acids is 1. The summed E-state index contributed by atoms with van der Waals surface area (Å²) in [5.74, 6) is -1.74. The minimum Gasteiger partial charge on any atom is -0.479 e. The zero-order valence-electron chi connectivity index (χ0n) is 7.50. The number of carboxylic acid groups (broad SMARTS) is 1. The van der Waals surface area contributed by atoms with Crippen molar-refractivity contribution in [1.29, 1.82) is 0 Å². The van der Waals surface area contributed by atoms with Crippen LogP contribution >= 0.6 is 0 Å². The van der Waals surface area contributed by atoms with Crippen LogP contribution in [-0.4, -0.2) is 35.7 Å². The van der Waals surface area contributed by atoms with Crippen molar-refractivity contribution in [3.63, 3.8) is 0 Å². The van der Waals surface area contributed by atoms with Crippen molar-refractivity contribution in [2.45, 2.75) is 25.4 Å². The standard InChI is InChI=1S/C8H13NO4/c1-2-3-4-9-6(10)8(5-13-8)7(11)12/h2-5H2,1H3,(H,9,10)(H,11,12). The molecule has 1 aliphatic rings. The number of carbonyl (C=O) groups is 2. The molecule has 0 aromatic heterocycles. The zero-order chi connectivity index (χ0) is 9.90. The van der Waals surface area contributed by atoms with Crippen LogP contribution in [0.3, 0.4) is 0 Å². The Hall–Kier alpha value is -1.10. The molecule has 74 valence electrons. The molecule has 1 aliphatic heterocycles. The third-order valence-corrected chi connectivity index (χ3v) is 1.96.